The van der Waals surface area contributed by atoms with E-state index in [1.54, 1.807) is 0 Å². The number of fused-ring (bicyclic) bond motifs is 1. The monoisotopic (exact) mass is 967 g/mol. The molecule has 0 aromatic carbocycles. The van der Waals surface area contributed by atoms with Crippen LogP contribution in [0, 0.1) is 5.41 Å². The number of nitrogen functional groups attached to an aromatic ring is 1. The number of nitrogens with one attached hydrogen (secondary N) is 2. The summed E-state index contributed by atoms with van der Waals surface area (Å²) >= 11 is 1.04. The Morgan fingerprint density at radius 1 is 1.00 bits per heavy atom. The number of unbranched alkanes of at least 4 members (excludes halogenated alkanes) is 3. The average molecular weight is 968 g/mol. The summed E-state index contributed by atoms with van der Waals surface area (Å²) in [5.74, 6) is -1.24. The van der Waals surface area contributed by atoms with Crippen LogP contribution in [0.5, 0.6) is 0 Å². The highest BCUT2D eigenvalue weighted by molar-refractivity contribution is 8.14. The van der Waals surface area contributed by atoms with Crippen molar-refractivity contribution in [3.63, 3.8) is 0 Å². The maximum atomic E-state index is 12.6. The molecule has 2 aromatic rings. The third-order valence-corrected chi connectivity index (χ3v) is 12.6. The molecule has 28 heteroatoms. The number of nitrogens with two attached hydrogens (primary N) is 1. The Morgan fingerprint density at radius 2 is 1.68 bits per heavy atom. The summed E-state index contributed by atoms with van der Waals surface area (Å²) in [6.45, 7) is 2.17. The van der Waals surface area contributed by atoms with E-state index in [1.807, 2.05) is 6.08 Å². The molecule has 2 amide bonds. The van der Waals surface area contributed by atoms with Crippen molar-refractivity contribution < 1.29 is 80.5 Å². The molecule has 1 aliphatic rings. The summed E-state index contributed by atoms with van der Waals surface area (Å²) in [6.07, 6.45) is 9.95. The molecule has 1 fully saturated rings. The number of imidazole rings is 1. The van der Waals surface area contributed by atoms with Gasteiger partial charge in [0, 0.05) is 30.7 Å². The van der Waals surface area contributed by atoms with E-state index in [-0.39, 0.29) is 41.6 Å². The second kappa shape index (κ2) is 25.5. The average Bonchev–Trinajstić information content (AvgIpc) is 3.76. The fourth-order valence-electron chi connectivity index (χ4n) is 5.57. The van der Waals surface area contributed by atoms with Gasteiger partial charge < -0.3 is 69.0 Å². The summed E-state index contributed by atoms with van der Waals surface area (Å²) in [7, 11) is -17.6. The first-order chi connectivity index (χ1) is 29.6. The van der Waals surface area contributed by atoms with Crippen molar-refractivity contribution in [2.24, 2.45) is 5.41 Å². The highest BCUT2D eigenvalue weighted by atomic mass is 32.2. The predicted molar refractivity (Wildman–Crippen MR) is 219 cm³/mol. The van der Waals surface area contributed by atoms with Crippen molar-refractivity contribution in [1.82, 2.24) is 30.2 Å². The fourth-order valence-corrected chi connectivity index (χ4v) is 8.90. The zero-order valence-electron chi connectivity index (χ0n) is 34.6. The molecule has 354 valence electrons. The number of phosphoric ester groups is 3. The van der Waals surface area contributed by atoms with Gasteiger partial charge in [-0.05, 0) is 44.6 Å². The van der Waals surface area contributed by atoms with Gasteiger partial charge >= 0.3 is 0 Å². The predicted octanol–water partition coefficient (Wildman–Crippen LogP) is 0.166. The van der Waals surface area contributed by atoms with Crippen molar-refractivity contribution in [1.29, 1.82) is 0 Å². The summed E-state index contributed by atoms with van der Waals surface area (Å²) in [5.41, 5.74) is 4.07. The largest absolute Gasteiger partial charge is 0.790 e. The molecule has 7 atom stereocenters. The fraction of sp³-hybridized carbons (Fsp3) is 0.600. The van der Waals surface area contributed by atoms with Crippen LogP contribution in [0.25, 0.3) is 11.2 Å². The Balaban J connectivity index is 1.38. The molecule has 2 unspecified atom stereocenters. The molecular weight excluding hydrogens is 915 g/mol. The van der Waals surface area contributed by atoms with Crippen molar-refractivity contribution in [3.05, 3.63) is 49.1 Å². The van der Waals surface area contributed by atoms with Crippen LogP contribution in [-0.4, -0.2) is 103 Å². The molecule has 1 saturated heterocycles. The Kier molecular flexibility index (Phi) is 21.9. The summed E-state index contributed by atoms with van der Waals surface area (Å²) in [6, 6.07) is 0. The molecule has 3 heterocycles. The van der Waals surface area contributed by atoms with Gasteiger partial charge in [0.05, 0.1) is 27.4 Å². The number of hydrogen-bond acceptors (Lipinski definition) is 22. The standard InChI is InChI=1S/C35H56N7O17P3S/c1-4-5-6-7-8-9-10-11-12-13-14-15-26(44)63-19-18-37-25(43)16-17-38-33(47)30(46)35(2,3)21-56-62(53,54)59-61(51,52)55-20-24-29(58-60(48,49)50)28(45)34(57-24)42-23-41-27-31(36)39-22-40-32(27)42/h5-6,8-9,14-15,22-24,28-30,34,45-46H,4,7,10-13,16-21H2,1-3H3,(H,37,43)(H,38,47)(H,51,52)(H,53,54)(H2,36,39,40)(H2,48,49,50)/p-4/b6-5-,9-8-,15-14+/t24-,28-,29-,30+,34-/m1/s1. The molecule has 0 aliphatic carbocycles. The number of allylic oxidation sites excluding steroid dienone is 5. The molecule has 0 spiro atoms. The number of nitrogens with zero attached hydrogens (tertiary/aromatic N) is 4. The lowest BCUT2D eigenvalue weighted by atomic mass is 9.87. The first-order valence-corrected chi connectivity index (χ1v) is 24.9. The number of carbonyl (C=O) groups is 3. The van der Waals surface area contributed by atoms with E-state index < -0.39 is 84.6 Å². The van der Waals surface area contributed by atoms with Gasteiger partial charge in [0.15, 0.2) is 17.7 Å². The molecule has 24 nitrogen and oxygen atoms in total. The van der Waals surface area contributed by atoms with E-state index in [1.165, 1.54) is 19.9 Å². The first kappa shape index (κ1) is 54.1. The zero-order valence-corrected chi connectivity index (χ0v) is 38.1. The van der Waals surface area contributed by atoms with Gasteiger partial charge in [-0.3, -0.25) is 28.1 Å². The number of amides is 2. The van der Waals surface area contributed by atoms with Gasteiger partial charge in [0.1, 0.15) is 36.3 Å². The third kappa shape index (κ3) is 19.0. The van der Waals surface area contributed by atoms with E-state index in [0.717, 1.165) is 67.5 Å². The topological polar surface area (TPSA) is 375 Å². The number of rotatable bonds is 28. The molecule has 0 saturated carbocycles. The van der Waals surface area contributed by atoms with Gasteiger partial charge in [-0.15, -0.1) is 0 Å². The number of aromatic nitrogens is 4. The normalized spacial score (nSPS) is 21.0. The smallest absolute Gasteiger partial charge is 0.274 e. The van der Waals surface area contributed by atoms with E-state index in [2.05, 4.69) is 74.7 Å². The summed E-state index contributed by atoms with van der Waals surface area (Å²) < 4.78 is 60.7. The van der Waals surface area contributed by atoms with Crippen LogP contribution in [0.2, 0.25) is 0 Å². The minimum absolute atomic E-state index is 0.0217. The lowest BCUT2D eigenvalue weighted by molar-refractivity contribution is -0.347. The van der Waals surface area contributed by atoms with Crippen LogP contribution in [0.1, 0.15) is 71.9 Å². The maximum Gasteiger partial charge on any atom is 0.274 e. The Labute approximate surface area is 367 Å². The number of aliphatic hydroxyl groups excluding tert-OH is 2. The maximum absolute atomic E-state index is 12.6. The van der Waals surface area contributed by atoms with E-state index in [4.69, 9.17) is 10.5 Å². The Morgan fingerprint density at radius 3 is 2.38 bits per heavy atom. The van der Waals surface area contributed by atoms with E-state index in [0.29, 0.717) is 5.75 Å². The Bertz CT molecular complexity index is 2070. The molecule has 6 N–H and O–H groups in total. The van der Waals surface area contributed by atoms with Crippen LogP contribution >= 0.6 is 35.2 Å². The van der Waals surface area contributed by atoms with Gasteiger partial charge in [-0.25, -0.2) is 19.3 Å². The molecule has 0 radical (unpaired) electrons. The number of ether oxygens (including phenoxy) is 1. The number of carbonyl (C=O) groups excluding carboxylic acids is 3. The molecular formula is C35H52N7O17P3S-4. The molecule has 0 bridgehead atoms. The van der Waals surface area contributed by atoms with Gasteiger partial charge in [0.2, 0.25) is 16.9 Å². The van der Waals surface area contributed by atoms with E-state index >= 15 is 0 Å². The molecule has 63 heavy (non-hydrogen) atoms. The number of phosphoric acid groups is 3. The van der Waals surface area contributed by atoms with Crippen LogP contribution < -0.4 is 35.9 Å². The number of aliphatic hydroxyl groups is 2. The number of hydrogen-bond donors (Lipinski definition) is 5. The minimum Gasteiger partial charge on any atom is -0.790 e. The van der Waals surface area contributed by atoms with Gasteiger partial charge in [-0.1, -0.05) is 62.9 Å². The SMILES string of the molecule is CC/C=C\C/C=C\CCCC/C=C/C(=O)SCCNC(=O)CCNC(=O)[C@H](O)C(C)(C)COP(=O)([O-])OP(=O)([O-])OC[C@H]1O[C@@H](n2cnc3c(N)ncnc32)[C@H](O)[C@@H]1OP(=O)([O-])[O-]. The lowest BCUT2D eigenvalue weighted by Gasteiger charge is -2.36. The van der Waals surface area contributed by atoms with E-state index in [9.17, 15) is 57.9 Å². The Hall–Kier alpha value is -3.22. The van der Waals surface area contributed by atoms with Gasteiger partial charge in [-0.2, -0.15) is 0 Å². The minimum atomic E-state index is -5.92. The second-order valence-electron chi connectivity index (χ2n) is 14.4. The van der Waals surface area contributed by atoms with Crippen molar-refractivity contribution in [3.8, 4) is 0 Å². The summed E-state index contributed by atoms with van der Waals surface area (Å²) in [4.78, 5) is 96.4. The highest BCUT2D eigenvalue weighted by Crippen LogP contribution is 2.56. The van der Waals surface area contributed by atoms with Crippen molar-refractivity contribution in [2.45, 2.75) is 96.4 Å². The molecule has 3 rings (SSSR count). The quantitative estimate of drug-likeness (QED) is 0.0328. The highest BCUT2D eigenvalue weighted by Gasteiger charge is 2.47. The van der Waals surface area contributed by atoms with Crippen LogP contribution in [0.4, 0.5) is 5.82 Å². The third-order valence-electron chi connectivity index (χ3n) is 8.81. The van der Waals surface area contributed by atoms with Crippen LogP contribution in [0.15, 0.2) is 49.1 Å². The van der Waals surface area contributed by atoms with Crippen molar-refractivity contribution in [2.75, 3.05) is 37.8 Å². The van der Waals surface area contributed by atoms with Crippen molar-refractivity contribution >= 4 is 69.1 Å². The molecule has 1 aliphatic heterocycles. The lowest BCUT2D eigenvalue weighted by Crippen LogP contribution is -2.46. The first-order valence-electron chi connectivity index (χ1n) is 19.5. The van der Waals surface area contributed by atoms with Gasteiger partial charge in [0.25, 0.3) is 15.6 Å². The summed E-state index contributed by atoms with van der Waals surface area (Å²) in [5, 5.41) is 26.2. The molecule has 2 aromatic heterocycles. The van der Waals surface area contributed by atoms with Crippen LogP contribution in [-0.2, 0) is 50.7 Å². The second-order valence-corrected chi connectivity index (χ2v) is 19.6. The van der Waals surface area contributed by atoms with Crippen LogP contribution in [0.3, 0.4) is 0 Å². The number of thioether (sulfide) groups is 1. The number of anilines is 1. The zero-order chi connectivity index (χ0) is 46.8.